The van der Waals surface area contributed by atoms with Gasteiger partial charge in [-0.25, -0.2) is 17.6 Å². The highest BCUT2D eigenvalue weighted by molar-refractivity contribution is 7.88. The summed E-state index contributed by atoms with van der Waals surface area (Å²) in [4.78, 5) is 19.3. The quantitative estimate of drug-likeness (QED) is 0.545. The Hall–Kier alpha value is -1.65. The normalized spacial score (nSPS) is 27.9. The Morgan fingerprint density at radius 1 is 1.11 bits per heavy atom. The van der Waals surface area contributed by atoms with Gasteiger partial charge in [0.2, 0.25) is 10.0 Å². The molecule has 3 aliphatic rings. The molecule has 11 heteroatoms. The number of carbonyl (C=O) groups excluding carboxylic acids is 1. The van der Waals surface area contributed by atoms with Gasteiger partial charge < -0.3 is 14.7 Å². The van der Waals surface area contributed by atoms with Gasteiger partial charge in [-0.1, -0.05) is 48.3 Å². The van der Waals surface area contributed by atoms with E-state index in [0.717, 1.165) is 5.56 Å². The highest BCUT2D eigenvalue weighted by atomic mass is 35.5. The minimum atomic E-state index is -3.27. The van der Waals surface area contributed by atoms with Crippen molar-refractivity contribution in [2.75, 3.05) is 59.1 Å². The first kappa shape index (κ1) is 27.4. The first-order valence-corrected chi connectivity index (χ1v) is 14.6. The topological polar surface area (TPSA) is 64.2 Å². The molecule has 7 nitrogen and oxygen atoms in total. The number of urea groups is 1. The van der Waals surface area contributed by atoms with Crippen molar-refractivity contribution in [2.24, 2.45) is 5.41 Å². The molecule has 0 bridgehead atoms. The molecule has 36 heavy (non-hydrogen) atoms. The number of benzene rings is 1. The van der Waals surface area contributed by atoms with E-state index in [1.165, 1.54) is 10.6 Å². The number of amides is 2. The Labute approximate surface area is 223 Å². The van der Waals surface area contributed by atoms with Crippen molar-refractivity contribution in [3.05, 3.63) is 57.9 Å². The van der Waals surface area contributed by atoms with Crippen LogP contribution in [0.2, 0.25) is 5.02 Å². The molecule has 0 spiro atoms. The van der Waals surface area contributed by atoms with E-state index in [2.05, 4.69) is 4.90 Å². The minimum absolute atomic E-state index is 0.0158. The number of likely N-dealkylation sites (N-methyl/N-ethyl adjacent to an activating group) is 1. The lowest BCUT2D eigenvalue weighted by atomic mass is 9.81. The molecule has 2 aliphatic heterocycles. The SMILES string of the molecule is CN(CC1(C)C=CC(Cl)=C(F)C1)[C@H]1CN(C(=O)N2CCN(S(C)(=O)=O)CC2)C[C@@H]1c1ccc(Cl)cc1. The summed E-state index contributed by atoms with van der Waals surface area (Å²) in [5.74, 6) is -0.255. The van der Waals surface area contributed by atoms with Crippen LogP contribution in [-0.2, 0) is 10.0 Å². The number of carbonyl (C=O) groups is 1. The number of halogens is 3. The number of sulfonamides is 1. The smallest absolute Gasteiger partial charge is 0.320 e. The summed E-state index contributed by atoms with van der Waals surface area (Å²) in [6.07, 6.45) is 5.02. The summed E-state index contributed by atoms with van der Waals surface area (Å²) >= 11 is 12.1. The molecule has 0 radical (unpaired) electrons. The van der Waals surface area contributed by atoms with Gasteiger partial charge in [-0.15, -0.1) is 0 Å². The fourth-order valence-electron chi connectivity index (χ4n) is 5.50. The van der Waals surface area contributed by atoms with E-state index in [4.69, 9.17) is 23.2 Å². The fourth-order valence-corrected chi connectivity index (χ4v) is 6.58. The fraction of sp³-hybridized carbons (Fsp3) is 0.560. The standard InChI is InChI=1S/C25H33Cl2FN4O3S/c1-25(9-8-21(27)22(28)14-25)17-29(2)23-16-31(15-20(23)18-4-6-19(26)7-5-18)24(33)30-10-12-32(13-11-30)36(3,34)35/h4-9,20,23H,10-17H2,1-3H3/t20-,23+,25?/m1/s1. The van der Waals surface area contributed by atoms with Gasteiger partial charge in [0.05, 0.1) is 11.3 Å². The predicted molar refractivity (Wildman–Crippen MR) is 141 cm³/mol. The van der Waals surface area contributed by atoms with Crippen LogP contribution in [0.15, 0.2) is 47.3 Å². The maximum atomic E-state index is 14.3. The van der Waals surface area contributed by atoms with Crippen molar-refractivity contribution in [3.8, 4) is 0 Å². The Bertz CT molecular complexity index is 1150. The van der Waals surface area contributed by atoms with Crippen LogP contribution in [0.4, 0.5) is 9.18 Å². The molecular weight excluding hydrogens is 526 g/mol. The largest absolute Gasteiger partial charge is 0.322 e. The van der Waals surface area contributed by atoms with Crippen molar-refractivity contribution < 1.29 is 17.6 Å². The van der Waals surface area contributed by atoms with Crippen LogP contribution in [0.25, 0.3) is 0 Å². The first-order chi connectivity index (χ1) is 16.9. The molecule has 2 amide bonds. The third kappa shape index (κ3) is 6.07. The van der Waals surface area contributed by atoms with E-state index in [-0.39, 0.29) is 35.3 Å². The first-order valence-electron chi connectivity index (χ1n) is 12.0. The third-order valence-corrected chi connectivity index (χ3v) is 9.35. The summed E-state index contributed by atoms with van der Waals surface area (Å²) in [5.41, 5.74) is 0.674. The van der Waals surface area contributed by atoms with Crippen molar-refractivity contribution in [3.63, 3.8) is 0 Å². The number of piperazine rings is 1. The summed E-state index contributed by atoms with van der Waals surface area (Å²) in [6, 6.07) is 7.64. The lowest BCUT2D eigenvalue weighted by Crippen LogP contribution is -2.53. The summed E-state index contributed by atoms with van der Waals surface area (Å²) in [6.45, 7) is 5.00. The van der Waals surface area contributed by atoms with Gasteiger partial charge in [0.1, 0.15) is 5.83 Å². The van der Waals surface area contributed by atoms with Crippen LogP contribution in [-0.4, -0.2) is 98.6 Å². The lowest BCUT2D eigenvalue weighted by molar-refractivity contribution is 0.134. The molecule has 1 aliphatic carbocycles. The molecule has 2 heterocycles. The maximum Gasteiger partial charge on any atom is 0.320 e. The van der Waals surface area contributed by atoms with Gasteiger partial charge in [-0.2, -0.15) is 4.31 Å². The molecule has 4 rings (SSSR count). The van der Waals surface area contributed by atoms with E-state index in [0.29, 0.717) is 50.8 Å². The summed E-state index contributed by atoms with van der Waals surface area (Å²) in [5, 5.41) is 0.806. The van der Waals surface area contributed by atoms with E-state index in [1.807, 2.05) is 49.2 Å². The third-order valence-electron chi connectivity index (χ3n) is 7.46. The van der Waals surface area contributed by atoms with Crippen LogP contribution in [0.3, 0.4) is 0 Å². The van der Waals surface area contributed by atoms with Gasteiger partial charge in [0, 0.05) is 74.6 Å². The highest BCUT2D eigenvalue weighted by Gasteiger charge is 2.42. The predicted octanol–water partition coefficient (Wildman–Crippen LogP) is 4.12. The van der Waals surface area contributed by atoms with Crippen molar-refractivity contribution in [1.82, 2.24) is 19.0 Å². The number of allylic oxidation sites excluding steroid dienone is 3. The molecule has 1 aromatic rings. The average Bonchev–Trinajstić information content (AvgIpc) is 3.27. The monoisotopic (exact) mass is 558 g/mol. The van der Waals surface area contributed by atoms with Crippen LogP contribution < -0.4 is 0 Å². The van der Waals surface area contributed by atoms with Crippen LogP contribution in [0.1, 0.15) is 24.8 Å². The Morgan fingerprint density at radius 2 is 1.75 bits per heavy atom. The van der Waals surface area contributed by atoms with E-state index < -0.39 is 15.4 Å². The van der Waals surface area contributed by atoms with Gasteiger partial charge in [0.25, 0.3) is 0 Å². The number of likely N-dealkylation sites (tertiary alicyclic amines) is 1. The number of hydrogen-bond acceptors (Lipinski definition) is 4. The van der Waals surface area contributed by atoms with Crippen molar-refractivity contribution in [2.45, 2.75) is 25.3 Å². The lowest BCUT2D eigenvalue weighted by Gasteiger charge is -2.37. The molecule has 0 saturated carbocycles. The average molecular weight is 560 g/mol. The molecule has 1 aromatic carbocycles. The zero-order chi connectivity index (χ0) is 26.3. The molecule has 0 N–H and O–H groups in total. The van der Waals surface area contributed by atoms with E-state index in [9.17, 15) is 17.6 Å². The van der Waals surface area contributed by atoms with Crippen LogP contribution >= 0.6 is 23.2 Å². The van der Waals surface area contributed by atoms with Gasteiger partial charge in [0.15, 0.2) is 0 Å². The van der Waals surface area contributed by atoms with E-state index >= 15 is 0 Å². The highest BCUT2D eigenvalue weighted by Crippen LogP contribution is 2.39. The Balaban J connectivity index is 1.50. The molecule has 0 aromatic heterocycles. The number of nitrogens with zero attached hydrogens (tertiary/aromatic N) is 4. The Morgan fingerprint density at radius 3 is 2.33 bits per heavy atom. The molecule has 1 unspecified atom stereocenters. The van der Waals surface area contributed by atoms with E-state index in [1.54, 1.807) is 11.0 Å². The summed E-state index contributed by atoms with van der Waals surface area (Å²) in [7, 11) is -1.25. The van der Waals surface area contributed by atoms with Gasteiger partial charge in [-0.3, -0.25) is 0 Å². The summed E-state index contributed by atoms with van der Waals surface area (Å²) < 4.78 is 39.4. The maximum absolute atomic E-state index is 14.3. The second kappa shape index (κ2) is 10.6. The molecule has 2 fully saturated rings. The van der Waals surface area contributed by atoms with Crippen molar-refractivity contribution in [1.29, 1.82) is 0 Å². The van der Waals surface area contributed by atoms with Crippen LogP contribution in [0, 0.1) is 5.41 Å². The molecule has 2 saturated heterocycles. The van der Waals surface area contributed by atoms with Crippen molar-refractivity contribution >= 4 is 39.3 Å². The molecular formula is C25H33Cl2FN4O3S. The van der Waals surface area contributed by atoms with Gasteiger partial charge >= 0.3 is 6.03 Å². The second-order valence-corrected chi connectivity index (χ2v) is 13.2. The Kier molecular flexibility index (Phi) is 8.07. The molecule has 198 valence electrons. The van der Waals surface area contributed by atoms with Crippen LogP contribution in [0.5, 0.6) is 0 Å². The number of hydrogen-bond donors (Lipinski definition) is 0. The second-order valence-electron chi connectivity index (χ2n) is 10.4. The zero-order valence-electron chi connectivity index (χ0n) is 20.8. The minimum Gasteiger partial charge on any atom is -0.322 e. The number of rotatable bonds is 5. The van der Waals surface area contributed by atoms with Gasteiger partial charge in [-0.05, 0) is 30.8 Å². The zero-order valence-corrected chi connectivity index (χ0v) is 23.2. The molecule has 3 atom stereocenters.